The van der Waals surface area contributed by atoms with E-state index in [9.17, 15) is 9.59 Å². The van der Waals surface area contributed by atoms with Crippen LogP contribution < -0.4 is 11.1 Å². The first-order chi connectivity index (χ1) is 7.86. The fourth-order valence-electron chi connectivity index (χ4n) is 1.71. The van der Waals surface area contributed by atoms with Crippen molar-refractivity contribution in [3.63, 3.8) is 0 Å². The maximum Gasteiger partial charge on any atom is 0.305 e. The van der Waals surface area contributed by atoms with Crippen LogP contribution in [0.4, 0.5) is 0 Å². The maximum atomic E-state index is 11.7. The molecule has 0 aromatic heterocycles. The highest BCUT2D eigenvalue weighted by Crippen LogP contribution is 2.06. The zero-order valence-corrected chi connectivity index (χ0v) is 10.9. The van der Waals surface area contributed by atoms with Crippen molar-refractivity contribution >= 4 is 11.9 Å². The van der Waals surface area contributed by atoms with Gasteiger partial charge in [-0.25, -0.2) is 0 Å². The van der Waals surface area contributed by atoms with Crippen LogP contribution in [0.2, 0.25) is 0 Å². The van der Waals surface area contributed by atoms with Gasteiger partial charge in [-0.05, 0) is 18.8 Å². The molecule has 0 spiro atoms. The molecule has 17 heavy (non-hydrogen) atoms. The van der Waals surface area contributed by atoms with Crippen LogP contribution in [0.5, 0.6) is 0 Å². The number of aliphatic carboxylic acids is 1. The van der Waals surface area contributed by atoms with E-state index < -0.39 is 12.0 Å². The van der Waals surface area contributed by atoms with Crippen molar-refractivity contribution in [2.45, 2.75) is 58.5 Å². The highest BCUT2D eigenvalue weighted by molar-refractivity contribution is 5.82. The minimum atomic E-state index is -0.902. The van der Waals surface area contributed by atoms with Crippen molar-refractivity contribution in [3.8, 4) is 0 Å². The summed E-state index contributed by atoms with van der Waals surface area (Å²) in [5, 5.41) is 11.4. The summed E-state index contributed by atoms with van der Waals surface area (Å²) in [6, 6.07) is -0.869. The Bertz CT molecular complexity index is 254. The lowest BCUT2D eigenvalue weighted by Gasteiger charge is -2.20. The average Bonchev–Trinajstić information content (AvgIpc) is 2.15. The van der Waals surface area contributed by atoms with Gasteiger partial charge in [-0.1, -0.05) is 27.2 Å². The zero-order chi connectivity index (χ0) is 13.4. The molecule has 0 aromatic carbocycles. The van der Waals surface area contributed by atoms with Gasteiger partial charge in [-0.15, -0.1) is 0 Å². The molecule has 4 N–H and O–H groups in total. The van der Waals surface area contributed by atoms with Gasteiger partial charge in [0, 0.05) is 6.04 Å². The SMILES string of the molecule is CCCC(CC(=O)O)NC(=O)C(N)CC(C)C. The molecule has 0 heterocycles. The van der Waals surface area contributed by atoms with E-state index in [1.807, 2.05) is 20.8 Å². The summed E-state index contributed by atoms with van der Waals surface area (Å²) < 4.78 is 0. The Hall–Kier alpha value is -1.10. The highest BCUT2D eigenvalue weighted by atomic mass is 16.4. The second kappa shape index (κ2) is 8.06. The van der Waals surface area contributed by atoms with Crippen LogP contribution in [0.25, 0.3) is 0 Å². The van der Waals surface area contributed by atoms with E-state index in [1.54, 1.807) is 0 Å². The lowest BCUT2D eigenvalue weighted by molar-refractivity contribution is -0.137. The standard InChI is InChI=1S/C12H24N2O3/c1-4-5-9(7-11(15)16)14-12(17)10(13)6-8(2)3/h8-10H,4-7,13H2,1-3H3,(H,14,17)(H,15,16). The molecule has 2 atom stereocenters. The Morgan fingerprint density at radius 3 is 2.35 bits per heavy atom. The van der Waals surface area contributed by atoms with E-state index in [1.165, 1.54) is 0 Å². The van der Waals surface area contributed by atoms with Gasteiger partial charge < -0.3 is 16.2 Å². The predicted octanol–water partition coefficient (Wildman–Crippen LogP) is 1.12. The third kappa shape index (κ3) is 7.74. The minimum absolute atomic E-state index is 0.0476. The maximum absolute atomic E-state index is 11.7. The molecule has 0 aliphatic carbocycles. The quantitative estimate of drug-likeness (QED) is 0.596. The molecule has 0 saturated carbocycles. The van der Waals surface area contributed by atoms with Gasteiger partial charge in [0.25, 0.3) is 0 Å². The lowest BCUT2D eigenvalue weighted by atomic mass is 10.0. The summed E-state index contributed by atoms with van der Waals surface area (Å²) in [5.41, 5.74) is 5.73. The Kier molecular flexibility index (Phi) is 7.54. The minimum Gasteiger partial charge on any atom is -0.481 e. The van der Waals surface area contributed by atoms with Crippen LogP contribution in [0.15, 0.2) is 0 Å². The molecule has 1 amide bonds. The highest BCUT2D eigenvalue weighted by Gasteiger charge is 2.20. The van der Waals surface area contributed by atoms with E-state index in [0.29, 0.717) is 18.8 Å². The van der Waals surface area contributed by atoms with Gasteiger partial charge in [0.1, 0.15) is 0 Å². The average molecular weight is 244 g/mol. The Morgan fingerprint density at radius 2 is 1.94 bits per heavy atom. The number of nitrogens with two attached hydrogens (primary N) is 1. The molecule has 5 nitrogen and oxygen atoms in total. The van der Waals surface area contributed by atoms with Crippen LogP contribution in [-0.2, 0) is 9.59 Å². The Labute approximate surface area is 103 Å². The van der Waals surface area contributed by atoms with Crippen molar-refractivity contribution in [2.75, 3.05) is 0 Å². The van der Waals surface area contributed by atoms with Crippen molar-refractivity contribution < 1.29 is 14.7 Å². The largest absolute Gasteiger partial charge is 0.481 e. The number of carboxylic acids is 1. The van der Waals surface area contributed by atoms with E-state index >= 15 is 0 Å². The van der Waals surface area contributed by atoms with Gasteiger partial charge >= 0.3 is 5.97 Å². The van der Waals surface area contributed by atoms with E-state index in [0.717, 1.165) is 6.42 Å². The van der Waals surface area contributed by atoms with Gasteiger partial charge in [0.2, 0.25) is 5.91 Å². The predicted molar refractivity (Wildman–Crippen MR) is 66.5 cm³/mol. The molecule has 5 heteroatoms. The molecule has 0 radical (unpaired) electrons. The number of rotatable bonds is 8. The smallest absolute Gasteiger partial charge is 0.305 e. The molecular weight excluding hydrogens is 220 g/mol. The van der Waals surface area contributed by atoms with Gasteiger partial charge in [-0.2, -0.15) is 0 Å². The molecule has 0 fully saturated rings. The fraction of sp³-hybridized carbons (Fsp3) is 0.833. The zero-order valence-electron chi connectivity index (χ0n) is 10.9. The molecular formula is C12H24N2O3. The molecule has 0 aliphatic rings. The van der Waals surface area contributed by atoms with Gasteiger partial charge in [-0.3, -0.25) is 9.59 Å². The molecule has 100 valence electrons. The van der Waals surface area contributed by atoms with Crippen LogP contribution in [0.1, 0.15) is 46.5 Å². The van der Waals surface area contributed by atoms with Crippen LogP contribution in [0.3, 0.4) is 0 Å². The van der Waals surface area contributed by atoms with Crippen molar-refractivity contribution in [1.29, 1.82) is 0 Å². The first-order valence-electron chi connectivity index (χ1n) is 6.14. The fourth-order valence-corrected chi connectivity index (χ4v) is 1.71. The number of amides is 1. The number of hydrogen-bond donors (Lipinski definition) is 3. The van der Waals surface area contributed by atoms with E-state index in [2.05, 4.69) is 5.32 Å². The summed E-state index contributed by atoms with van der Waals surface area (Å²) in [5.74, 6) is -0.806. The molecule has 0 bridgehead atoms. The Balaban J connectivity index is 4.23. The van der Waals surface area contributed by atoms with Crippen molar-refractivity contribution in [3.05, 3.63) is 0 Å². The van der Waals surface area contributed by atoms with Crippen molar-refractivity contribution in [2.24, 2.45) is 11.7 Å². The van der Waals surface area contributed by atoms with E-state index in [-0.39, 0.29) is 18.4 Å². The number of hydrogen-bond acceptors (Lipinski definition) is 3. The molecule has 2 unspecified atom stereocenters. The first kappa shape index (κ1) is 15.9. The number of carbonyl (C=O) groups is 2. The summed E-state index contributed by atoms with van der Waals surface area (Å²) in [6.45, 7) is 5.94. The van der Waals surface area contributed by atoms with Crippen LogP contribution in [0, 0.1) is 5.92 Å². The summed E-state index contributed by atoms with van der Waals surface area (Å²) in [7, 11) is 0. The van der Waals surface area contributed by atoms with E-state index in [4.69, 9.17) is 10.8 Å². The third-order valence-corrected chi connectivity index (χ3v) is 2.47. The summed E-state index contributed by atoms with van der Waals surface area (Å²) in [6.07, 6.45) is 2.05. The lowest BCUT2D eigenvalue weighted by Crippen LogP contribution is -2.46. The summed E-state index contributed by atoms with van der Waals surface area (Å²) in [4.78, 5) is 22.3. The molecule has 0 aromatic rings. The summed E-state index contributed by atoms with van der Waals surface area (Å²) >= 11 is 0. The van der Waals surface area contributed by atoms with Gasteiger partial charge in [0.05, 0.1) is 12.5 Å². The first-order valence-corrected chi connectivity index (χ1v) is 6.14. The topological polar surface area (TPSA) is 92.4 Å². The molecule has 0 aliphatic heterocycles. The number of carboxylic acid groups (broad SMARTS) is 1. The third-order valence-electron chi connectivity index (χ3n) is 2.47. The van der Waals surface area contributed by atoms with Crippen molar-refractivity contribution in [1.82, 2.24) is 5.32 Å². The second-order valence-corrected chi connectivity index (χ2v) is 4.83. The van der Waals surface area contributed by atoms with Gasteiger partial charge in [0.15, 0.2) is 0 Å². The molecule has 0 saturated heterocycles. The molecule has 0 rings (SSSR count). The number of nitrogens with one attached hydrogen (secondary N) is 1. The van der Waals surface area contributed by atoms with Crippen LogP contribution >= 0.6 is 0 Å². The second-order valence-electron chi connectivity index (χ2n) is 4.83. The number of carbonyl (C=O) groups excluding carboxylic acids is 1. The Morgan fingerprint density at radius 1 is 1.35 bits per heavy atom. The monoisotopic (exact) mass is 244 g/mol. The normalized spacial score (nSPS) is 14.4. The van der Waals surface area contributed by atoms with Crippen LogP contribution in [-0.4, -0.2) is 29.1 Å².